The van der Waals surface area contributed by atoms with Gasteiger partial charge < -0.3 is 34.1 Å². The molecular formula is C27H33N5O7. The molecule has 0 spiro atoms. The smallest absolute Gasteiger partial charge is 0.320 e. The zero-order chi connectivity index (χ0) is 27.0. The van der Waals surface area contributed by atoms with Gasteiger partial charge >= 0.3 is 6.01 Å². The third kappa shape index (κ3) is 5.35. The maximum absolute atomic E-state index is 13.0. The molecule has 2 aromatic heterocycles. The Bertz CT molecular complexity index is 1310. The first-order valence-electron chi connectivity index (χ1n) is 13.4. The summed E-state index contributed by atoms with van der Waals surface area (Å²) in [7, 11) is 0. The van der Waals surface area contributed by atoms with Gasteiger partial charge in [-0.05, 0) is 51.7 Å². The Morgan fingerprint density at radius 3 is 2.69 bits per heavy atom. The number of aromatic nitrogens is 4. The first-order chi connectivity index (χ1) is 18.9. The lowest BCUT2D eigenvalue weighted by molar-refractivity contribution is -0.201. The van der Waals surface area contributed by atoms with Gasteiger partial charge in [-0.25, -0.2) is 4.98 Å². The molecule has 12 heteroatoms. The molecule has 2 saturated heterocycles. The van der Waals surface area contributed by atoms with Crippen molar-refractivity contribution >= 4 is 22.9 Å². The van der Waals surface area contributed by atoms with Gasteiger partial charge in [-0.15, -0.1) is 0 Å². The zero-order valence-electron chi connectivity index (χ0n) is 22.0. The molecular weight excluding hydrogens is 506 g/mol. The molecule has 4 atom stereocenters. The number of amides is 1. The number of aliphatic hydroxyl groups is 1. The van der Waals surface area contributed by atoms with Crippen LogP contribution in [0.5, 0.6) is 6.01 Å². The fraction of sp³-hybridized carbons (Fsp3) is 0.556. The van der Waals surface area contributed by atoms with Gasteiger partial charge in [0, 0.05) is 5.56 Å². The molecule has 4 heterocycles. The van der Waals surface area contributed by atoms with Crippen molar-refractivity contribution in [3.05, 3.63) is 42.2 Å². The molecule has 1 aromatic carbocycles. The van der Waals surface area contributed by atoms with E-state index in [2.05, 4.69) is 15.3 Å². The van der Waals surface area contributed by atoms with E-state index in [1.807, 2.05) is 19.9 Å². The minimum Gasteiger partial charge on any atom is -0.460 e. The van der Waals surface area contributed by atoms with Crippen LogP contribution >= 0.6 is 0 Å². The molecule has 39 heavy (non-hydrogen) atoms. The van der Waals surface area contributed by atoms with Crippen molar-refractivity contribution in [1.82, 2.24) is 19.5 Å². The second kappa shape index (κ2) is 10.8. The van der Waals surface area contributed by atoms with Crippen LogP contribution in [-0.2, 0) is 18.9 Å². The summed E-state index contributed by atoms with van der Waals surface area (Å²) in [4.78, 5) is 26.8. The predicted octanol–water partition coefficient (Wildman–Crippen LogP) is 2.83. The number of carbonyl (C=O) groups excluding carboxylic acids is 1. The fourth-order valence-electron chi connectivity index (χ4n) is 5.43. The minimum atomic E-state index is -0.816. The van der Waals surface area contributed by atoms with Crippen LogP contribution in [0.1, 0.15) is 56.1 Å². The van der Waals surface area contributed by atoms with Gasteiger partial charge in [-0.3, -0.25) is 9.36 Å². The average Bonchev–Trinajstić information content (AvgIpc) is 3.70. The van der Waals surface area contributed by atoms with Crippen molar-refractivity contribution in [3.8, 4) is 6.01 Å². The summed E-state index contributed by atoms with van der Waals surface area (Å²) in [6.45, 7) is 4.05. The lowest BCUT2D eigenvalue weighted by atomic mass is 10.1. The standard InChI is InChI=1S/C27H33N5O7/c1-27(2)38-20-18(14-35-13-12-33)37-25(21(20)39-27)32-15-28-19-22(29-24(34)16-8-4-3-5-9-16)30-26(31-23(19)32)36-17-10-6-7-11-17/h3-5,8-9,15,17-18,20-21,25,33H,6-7,10-14H2,1-2H3,(H,29,30,31,34)/t18-,20-,21-,25-/m1/s1. The Morgan fingerprint density at radius 1 is 1.15 bits per heavy atom. The highest BCUT2D eigenvalue weighted by atomic mass is 16.8. The summed E-state index contributed by atoms with van der Waals surface area (Å²) < 4.78 is 32.2. The Kier molecular flexibility index (Phi) is 7.21. The number of benzene rings is 1. The third-order valence-electron chi connectivity index (χ3n) is 7.16. The fourth-order valence-corrected chi connectivity index (χ4v) is 5.43. The summed E-state index contributed by atoms with van der Waals surface area (Å²) in [6, 6.07) is 9.07. The number of hydrogen-bond donors (Lipinski definition) is 2. The minimum absolute atomic E-state index is 0.0176. The number of hydrogen-bond acceptors (Lipinski definition) is 10. The molecule has 3 fully saturated rings. The van der Waals surface area contributed by atoms with Crippen molar-refractivity contribution in [2.45, 2.75) is 76.0 Å². The van der Waals surface area contributed by atoms with Gasteiger partial charge in [-0.2, -0.15) is 9.97 Å². The van der Waals surface area contributed by atoms with Crippen molar-refractivity contribution in [3.63, 3.8) is 0 Å². The highest BCUT2D eigenvalue weighted by Crippen LogP contribution is 2.44. The van der Waals surface area contributed by atoms with E-state index in [0.29, 0.717) is 16.7 Å². The van der Waals surface area contributed by atoms with E-state index in [0.717, 1.165) is 25.7 Å². The van der Waals surface area contributed by atoms with Crippen molar-refractivity contribution in [2.24, 2.45) is 0 Å². The maximum Gasteiger partial charge on any atom is 0.320 e. The number of fused-ring (bicyclic) bond motifs is 2. The molecule has 6 rings (SSSR count). The Labute approximate surface area is 225 Å². The average molecular weight is 540 g/mol. The summed E-state index contributed by atoms with van der Waals surface area (Å²) in [5.74, 6) is -0.879. The second-order valence-electron chi connectivity index (χ2n) is 10.5. The van der Waals surface area contributed by atoms with E-state index in [1.165, 1.54) is 0 Å². The van der Waals surface area contributed by atoms with Gasteiger partial charge in [-0.1, -0.05) is 18.2 Å². The number of anilines is 1. The number of carbonyl (C=O) groups is 1. The van der Waals surface area contributed by atoms with Crippen LogP contribution in [0.25, 0.3) is 11.2 Å². The van der Waals surface area contributed by atoms with Crippen LogP contribution in [0.2, 0.25) is 0 Å². The molecule has 0 bridgehead atoms. The molecule has 1 amide bonds. The number of imidazole rings is 1. The Hall–Kier alpha value is -3.16. The quantitative estimate of drug-likeness (QED) is 0.390. The summed E-state index contributed by atoms with van der Waals surface area (Å²) in [5, 5.41) is 12.0. The molecule has 1 aliphatic carbocycles. The van der Waals surface area contributed by atoms with Crippen LogP contribution < -0.4 is 10.1 Å². The number of ether oxygens (including phenoxy) is 5. The predicted molar refractivity (Wildman–Crippen MR) is 138 cm³/mol. The monoisotopic (exact) mass is 539 g/mol. The molecule has 2 aliphatic heterocycles. The van der Waals surface area contributed by atoms with Crippen LogP contribution in [0.4, 0.5) is 5.82 Å². The van der Waals surface area contributed by atoms with Gasteiger partial charge in [0.05, 0.1) is 26.1 Å². The van der Waals surface area contributed by atoms with E-state index in [1.54, 1.807) is 35.2 Å². The molecule has 3 aliphatic rings. The zero-order valence-corrected chi connectivity index (χ0v) is 22.0. The van der Waals surface area contributed by atoms with Crippen molar-refractivity contribution < 1.29 is 33.6 Å². The lowest BCUT2D eigenvalue weighted by Crippen LogP contribution is -2.33. The van der Waals surface area contributed by atoms with E-state index < -0.39 is 30.3 Å². The van der Waals surface area contributed by atoms with E-state index in [9.17, 15) is 4.79 Å². The molecule has 3 aromatic rings. The highest BCUT2D eigenvalue weighted by molar-refractivity contribution is 6.06. The third-order valence-corrected chi connectivity index (χ3v) is 7.16. The number of nitrogens with one attached hydrogen (secondary N) is 1. The molecule has 0 unspecified atom stereocenters. The highest BCUT2D eigenvalue weighted by Gasteiger charge is 2.56. The van der Waals surface area contributed by atoms with Gasteiger partial charge in [0.2, 0.25) is 0 Å². The van der Waals surface area contributed by atoms with Crippen molar-refractivity contribution in [1.29, 1.82) is 0 Å². The molecule has 2 N–H and O–H groups in total. The molecule has 208 valence electrons. The number of aliphatic hydroxyl groups excluding tert-OH is 1. The van der Waals surface area contributed by atoms with Gasteiger partial charge in [0.1, 0.15) is 24.4 Å². The van der Waals surface area contributed by atoms with E-state index in [-0.39, 0.29) is 43.7 Å². The van der Waals surface area contributed by atoms with Gasteiger partial charge in [0.25, 0.3) is 5.91 Å². The normalized spacial score (nSPS) is 26.2. The second-order valence-corrected chi connectivity index (χ2v) is 10.5. The summed E-state index contributed by atoms with van der Waals surface area (Å²) >= 11 is 0. The van der Waals surface area contributed by atoms with E-state index in [4.69, 9.17) is 33.8 Å². The number of nitrogens with zero attached hydrogens (tertiary/aromatic N) is 4. The van der Waals surface area contributed by atoms with Crippen LogP contribution in [-0.4, -0.2) is 80.6 Å². The maximum atomic E-state index is 13.0. The first kappa shape index (κ1) is 26.1. The van der Waals surface area contributed by atoms with Crippen LogP contribution in [0.15, 0.2) is 36.7 Å². The lowest BCUT2D eigenvalue weighted by Gasteiger charge is -2.24. The van der Waals surface area contributed by atoms with Crippen molar-refractivity contribution in [2.75, 3.05) is 25.1 Å². The van der Waals surface area contributed by atoms with Crippen LogP contribution in [0, 0.1) is 0 Å². The molecule has 12 nitrogen and oxygen atoms in total. The molecule has 0 radical (unpaired) electrons. The first-order valence-corrected chi connectivity index (χ1v) is 13.4. The number of rotatable bonds is 9. The van der Waals surface area contributed by atoms with Gasteiger partial charge in [0.15, 0.2) is 29.0 Å². The SMILES string of the molecule is CC1(C)O[C@@H]2[C@H](O1)[C@@H](COCCO)O[C@H]2n1cnc2c(NC(=O)c3ccccc3)nc(OC3CCCC3)nc21. The largest absolute Gasteiger partial charge is 0.460 e. The van der Waals surface area contributed by atoms with E-state index >= 15 is 0 Å². The topological polar surface area (TPSA) is 139 Å². The summed E-state index contributed by atoms with van der Waals surface area (Å²) in [5.41, 5.74) is 1.33. The Balaban J connectivity index is 1.36. The van der Waals surface area contributed by atoms with Crippen LogP contribution in [0.3, 0.4) is 0 Å². The Morgan fingerprint density at radius 2 is 1.92 bits per heavy atom. The summed E-state index contributed by atoms with van der Waals surface area (Å²) in [6.07, 6.45) is 3.74. The molecule has 1 saturated carbocycles.